The molecule has 6 nitrogen and oxygen atoms in total. The van der Waals surface area contributed by atoms with Gasteiger partial charge in [0.1, 0.15) is 6.10 Å². The Hall–Kier alpha value is -3.35. The van der Waals surface area contributed by atoms with E-state index < -0.39 is 0 Å². The first kappa shape index (κ1) is 20.5. The van der Waals surface area contributed by atoms with Crippen LogP contribution in [-0.2, 0) is 11.3 Å². The quantitative estimate of drug-likeness (QED) is 0.493. The second-order valence-corrected chi connectivity index (χ2v) is 8.40. The van der Waals surface area contributed by atoms with Gasteiger partial charge in [-0.2, -0.15) is 0 Å². The number of carbonyl (C=O) groups excluding carboxylic acids is 1. The van der Waals surface area contributed by atoms with Gasteiger partial charge < -0.3 is 9.64 Å². The summed E-state index contributed by atoms with van der Waals surface area (Å²) in [6.45, 7) is 2.97. The van der Waals surface area contributed by atoms with Gasteiger partial charge in [0.15, 0.2) is 0 Å². The van der Waals surface area contributed by atoms with Gasteiger partial charge in [-0.05, 0) is 23.8 Å². The predicted octanol–water partition coefficient (Wildman–Crippen LogP) is 4.06. The SMILES string of the molecule is CN(C)C(=O)c1cc([C@@H]2CN(Cc3cccc4cccnc34)CCO2)nc2ccccc12. The summed E-state index contributed by atoms with van der Waals surface area (Å²) in [7, 11) is 3.54. The van der Waals surface area contributed by atoms with Crippen LogP contribution in [0.5, 0.6) is 0 Å². The number of hydrogen-bond donors (Lipinski definition) is 0. The summed E-state index contributed by atoms with van der Waals surface area (Å²) in [5.41, 5.74) is 4.53. The summed E-state index contributed by atoms with van der Waals surface area (Å²) in [5, 5.41) is 2.02. The van der Waals surface area contributed by atoms with Gasteiger partial charge in [0.05, 0.1) is 28.9 Å². The van der Waals surface area contributed by atoms with E-state index in [4.69, 9.17) is 9.72 Å². The zero-order valence-electron chi connectivity index (χ0n) is 18.4. The summed E-state index contributed by atoms with van der Waals surface area (Å²) in [6.07, 6.45) is 1.65. The number of carbonyl (C=O) groups is 1. The fourth-order valence-corrected chi connectivity index (χ4v) is 4.34. The fourth-order valence-electron chi connectivity index (χ4n) is 4.34. The van der Waals surface area contributed by atoms with E-state index in [0.717, 1.165) is 40.6 Å². The van der Waals surface area contributed by atoms with Crippen molar-refractivity contribution in [1.82, 2.24) is 19.8 Å². The first-order valence-electron chi connectivity index (χ1n) is 10.9. The molecule has 0 radical (unpaired) electrons. The monoisotopic (exact) mass is 426 g/mol. The number of para-hydroxylation sites is 2. The van der Waals surface area contributed by atoms with Crippen LogP contribution in [0.4, 0.5) is 0 Å². The minimum absolute atomic E-state index is 0.0284. The normalized spacial score (nSPS) is 17.0. The molecule has 0 spiro atoms. The zero-order chi connectivity index (χ0) is 22.1. The number of hydrogen-bond acceptors (Lipinski definition) is 5. The summed E-state index contributed by atoms with van der Waals surface area (Å²) in [5.74, 6) is -0.0284. The van der Waals surface area contributed by atoms with Crippen molar-refractivity contribution in [3.05, 3.63) is 83.7 Å². The minimum Gasteiger partial charge on any atom is -0.369 e. The Bertz CT molecular complexity index is 1280. The average molecular weight is 427 g/mol. The van der Waals surface area contributed by atoms with Crippen LogP contribution in [0, 0.1) is 0 Å². The fraction of sp³-hybridized carbons (Fsp3) is 0.269. The summed E-state index contributed by atoms with van der Waals surface area (Å²) in [6, 6.07) is 20.1. The Morgan fingerprint density at radius 2 is 1.97 bits per heavy atom. The van der Waals surface area contributed by atoms with Crippen molar-refractivity contribution in [2.45, 2.75) is 12.6 Å². The maximum absolute atomic E-state index is 12.9. The van der Waals surface area contributed by atoms with Crippen molar-refractivity contribution in [2.24, 2.45) is 0 Å². The number of morpholine rings is 1. The van der Waals surface area contributed by atoms with Gasteiger partial charge in [-0.15, -0.1) is 0 Å². The molecule has 1 saturated heterocycles. The van der Waals surface area contributed by atoms with Crippen molar-refractivity contribution >= 4 is 27.7 Å². The molecule has 1 aliphatic rings. The molecule has 162 valence electrons. The van der Waals surface area contributed by atoms with E-state index in [-0.39, 0.29) is 12.0 Å². The van der Waals surface area contributed by atoms with Gasteiger partial charge >= 0.3 is 0 Å². The van der Waals surface area contributed by atoms with E-state index in [1.165, 1.54) is 5.56 Å². The highest BCUT2D eigenvalue weighted by Crippen LogP contribution is 2.28. The maximum atomic E-state index is 12.9. The van der Waals surface area contributed by atoms with Gasteiger partial charge in [-0.3, -0.25) is 14.7 Å². The van der Waals surface area contributed by atoms with Gasteiger partial charge in [-0.25, -0.2) is 4.98 Å². The Morgan fingerprint density at radius 3 is 2.84 bits per heavy atom. The van der Waals surface area contributed by atoms with E-state index in [9.17, 15) is 4.79 Å². The largest absolute Gasteiger partial charge is 0.369 e. The molecular formula is C26H26N4O2. The number of benzene rings is 2. The lowest BCUT2D eigenvalue weighted by Crippen LogP contribution is -2.38. The molecule has 0 saturated carbocycles. The van der Waals surface area contributed by atoms with Crippen molar-refractivity contribution in [3.8, 4) is 0 Å². The maximum Gasteiger partial charge on any atom is 0.254 e. The number of pyridine rings is 2. The molecule has 1 atom stereocenters. The summed E-state index contributed by atoms with van der Waals surface area (Å²) < 4.78 is 6.12. The third-order valence-corrected chi connectivity index (χ3v) is 5.96. The minimum atomic E-state index is -0.190. The Labute approximate surface area is 187 Å². The third kappa shape index (κ3) is 3.95. The molecule has 1 amide bonds. The van der Waals surface area contributed by atoms with Crippen LogP contribution in [0.15, 0.2) is 66.9 Å². The number of amides is 1. The smallest absolute Gasteiger partial charge is 0.254 e. The van der Waals surface area contributed by atoms with E-state index in [2.05, 4.69) is 34.1 Å². The van der Waals surface area contributed by atoms with Gasteiger partial charge in [0.2, 0.25) is 0 Å². The molecule has 1 fully saturated rings. The zero-order valence-corrected chi connectivity index (χ0v) is 18.4. The highest BCUT2D eigenvalue weighted by molar-refractivity contribution is 6.06. The average Bonchev–Trinajstić information content (AvgIpc) is 2.83. The van der Waals surface area contributed by atoms with Gasteiger partial charge in [-0.1, -0.05) is 42.5 Å². The Kier molecular flexibility index (Phi) is 5.55. The Balaban J connectivity index is 1.45. The number of nitrogens with zero attached hydrogens (tertiary/aromatic N) is 4. The highest BCUT2D eigenvalue weighted by Gasteiger charge is 2.26. The van der Waals surface area contributed by atoms with Crippen LogP contribution in [0.3, 0.4) is 0 Å². The Morgan fingerprint density at radius 1 is 1.12 bits per heavy atom. The lowest BCUT2D eigenvalue weighted by molar-refractivity contribution is -0.0347. The summed E-state index contributed by atoms with van der Waals surface area (Å²) >= 11 is 0. The first-order chi connectivity index (χ1) is 15.6. The van der Waals surface area contributed by atoms with E-state index in [1.54, 1.807) is 19.0 Å². The van der Waals surface area contributed by atoms with Crippen LogP contribution in [0.25, 0.3) is 21.8 Å². The van der Waals surface area contributed by atoms with E-state index >= 15 is 0 Å². The molecule has 32 heavy (non-hydrogen) atoms. The molecule has 5 rings (SSSR count). The van der Waals surface area contributed by atoms with Crippen LogP contribution >= 0.6 is 0 Å². The number of fused-ring (bicyclic) bond motifs is 2. The molecule has 1 aliphatic heterocycles. The van der Waals surface area contributed by atoms with Crippen molar-refractivity contribution in [3.63, 3.8) is 0 Å². The second kappa shape index (κ2) is 8.65. The number of aromatic nitrogens is 2. The lowest BCUT2D eigenvalue weighted by Gasteiger charge is -2.33. The number of ether oxygens (including phenoxy) is 1. The van der Waals surface area contributed by atoms with Crippen LogP contribution in [0.2, 0.25) is 0 Å². The molecule has 0 aliphatic carbocycles. The van der Waals surface area contributed by atoms with Crippen LogP contribution < -0.4 is 0 Å². The number of rotatable bonds is 4. The van der Waals surface area contributed by atoms with Gasteiger partial charge in [0.25, 0.3) is 5.91 Å². The molecule has 0 N–H and O–H groups in total. The second-order valence-electron chi connectivity index (χ2n) is 8.40. The molecular weight excluding hydrogens is 400 g/mol. The topological polar surface area (TPSA) is 58.6 Å². The molecule has 2 aromatic carbocycles. The first-order valence-corrected chi connectivity index (χ1v) is 10.9. The molecule has 3 heterocycles. The van der Waals surface area contributed by atoms with E-state index in [0.29, 0.717) is 18.7 Å². The summed E-state index contributed by atoms with van der Waals surface area (Å²) in [4.78, 5) is 26.3. The molecule has 4 aromatic rings. The highest BCUT2D eigenvalue weighted by atomic mass is 16.5. The van der Waals surface area contributed by atoms with Crippen LogP contribution in [-0.4, -0.2) is 59.5 Å². The standard InChI is InChI=1S/C26H26N4O2/c1-29(2)26(31)21-15-23(28-22-11-4-3-10-20(21)22)24-17-30(13-14-32-24)16-19-8-5-7-18-9-6-12-27-25(18)19/h3-12,15,24H,13-14,16-17H2,1-2H3/t24-/m0/s1. The predicted molar refractivity (Wildman–Crippen MR) is 125 cm³/mol. The van der Waals surface area contributed by atoms with Crippen molar-refractivity contribution in [2.75, 3.05) is 33.8 Å². The third-order valence-electron chi connectivity index (χ3n) is 5.96. The molecule has 6 heteroatoms. The van der Waals surface area contributed by atoms with Crippen LogP contribution in [0.1, 0.15) is 27.7 Å². The van der Waals surface area contributed by atoms with E-state index in [1.807, 2.05) is 42.6 Å². The molecule has 0 unspecified atom stereocenters. The lowest BCUT2D eigenvalue weighted by atomic mass is 10.0. The molecule has 2 aromatic heterocycles. The van der Waals surface area contributed by atoms with Crippen molar-refractivity contribution in [1.29, 1.82) is 0 Å². The van der Waals surface area contributed by atoms with Crippen molar-refractivity contribution < 1.29 is 9.53 Å². The van der Waals surface area contributed by atoms with Gasteiger partial charge in [0, 0.05) is 50.7 Å². The molecule has 0 bridgehead atoms.